The summed E-state index contributed by atoms with van der Waals surface area (Å²) in [5.41, 5.74) is 5.56. The van der Waals surface area contributed by atoms with Crippen molar-refractivity contribution in [2.24, 2.45) is 5.73 Å². The lowest BCUT2D eigenvalue weighted by atomic mass is 10.2. The lowest BCUT2D eigenvalue weighted by molar-refractivity contribution is -0.764. The fourth-order valence-corrected chi connectivity index (χ4v) is 1.82. The van der Waals surface area contributed by atoms with Gasteiger partial charge in [-0.15, -0.1) is 0 Å². The van der Waals surface area contributed by atoms with Crippen molar-refractivity contribution in [1.82, 2.24) is 4.90 Å². The van der Waals surface area contributed by atoms with Crippen molar-refractivity contribution in [3.8, 4) is 0 Å². The van der Waals surface area contributed by atoms with Gasteiger partial charge >= 0.3 is 11.7 Å². The Labute approximate surface area is 115 Å². The van der Waals surface area contributed by atoms with Crippen LogP contribution in [0.3, 0.4) is 0 Å². The minimum absolute atomic E-state index is 0.0763. The third kappa shape index (κ3) is 2.93. The number of para-hydroxylation sites is 1. The molecule has 108 valence electrons. The Morgan fingerprint density at radius 1 is 1.50 bits per heavy atom. The maximum atomic E-state index is 12.0. The monoisotopic (exact) mass is 282 g/mol. The van der Waals surface area contributed by atoms with Crippen LogP contribution in [-0.2, 0) is 9.57 Å². The Bertz CT molecular complexity index is 522. The molecule has 0 amide bonds. The van der Waals surface area contributed by atoms with E-state index in [-0.39, 0.29) is 28.9 Å². The largest absolute Gasteiger partial charge is 0.477 e. The molecule has 0 bridgehead atoms. The molecule has 2 rings (SSSR count). The normalized spacial score (nSPS) is 23.3. The van der Waals surface area contributed by atoms with Crippen molar-refractivity contribution in [1.29, 1.82) is 0 Å². The van der Waals surface area contributed by atoms with Crippen LogP contribution in [-0.4, -0.2) is 53.6 Å². The average molecular weight is 282 g/mol. The molecule has 0 saturated carbocycles. The summed E-state index contributed by atoms with van der Waals surface area (Å²) in [5.74, 6) is -1.20. The quantitative estimate of drug-likeness (QED) is 0.765. The zero-order chi connectivity index (χ0) is 14.7. The Morgan fingerprint density at radius 2 is 2.20 bits per heavy atom. The Morgan fingerprint density at radius 3 is 2.90 bits per heavy atom. The predicted octanol–water partition coefficient (Wildman–Crippen LogP) is 0.300. The number of aromatic carboxylic acids is 1. The first kappa shape index (κ1) is 14.4. The molecule has 0 spiro atoms. The highest BCUT2D eigenvalue weighted by Gasteiger charge is 2.35. The smallest absolute Gasteiger partial charge is 0.342 e. The molecule has 0 aromatic heterocycles. The Hall–Kier alpha value is -2.03. The molecule has 1 aliphatic heterocycles. The van der Waals surface area contributed by atoms with Gasteiger partial charge in [-0.1, -0.05) is 12.1 Å². The van der Waals surface area contributed by atoms with Gasteiger partial charge in [0.2, 0.25) is 0 Å². The zero-order valence-electron chi connectivity index (χ0n) is 10.9. The minimum Gasteiger partial charge on any atom is -0.477 e. The zero-order valence-corrected chi connectivity index (χ0v) is 10.9. The van der Waals surface area contributed by atoms with Gasteiger partial charge in [-0.3, -0.25) is 0 Å². The van der Waals surface area contributed by atoms with Crippen molar-refractivity contribution in [3.63, 3.8) is 0 Å². The average Bonchev–Trinajstić information content (AvgIpc) is 2.43. The van der Waals surface area contributed by atoms with Gasteiger partial charge in [-0.25, -0.2) is 14.5 Å². The molecule has 1 aromatic carbocycles. The summed E-state index contributed by atoms with van der Waals surface area (Å²) >= 11 is 0. The molecule has 1 saturated heterocycles. The van der Waals surface area contributed by atoms with E-state index in [1.165, 1.54) is 18.2 Å². The summed E-state index contributed by atoms with van der Waals surface area (Å²) in [5, 5.41) is 9.04. The molecule has 8 nitrogen and oxygen atoms in total. The van der Waals surface area contributed by atoms with Crippen LogP contribution in [0.5, 0.6) is 0 Å². The van der Waals surface area contributed by atoms with Crippen molar-refractivity contribution in [3.05, 3.63) is 34.7 Å². The number of carboxylic acids is 1. The standard InChI is InChI=1S/C12H15N3O5/c1-14-10(13)6-19-7-11(14)20-15(18)9-5-3-2-4-8(9)12(16)17/h2-5,10-11H,6-7,13H2,1H3/p+1. The third-order valence-corrected chi connectivity index (χ3v) is 3.07. The number of carbonyl (C=O) groups is 1. The molecule has 2 atom stereocenters. The van der Waals surface area contributed by atoms with Crippen LogP contribution in [0.25, 0.3) is 0 Å². The lowest BCUT2D eigenvalue weighted by Crippen LogP contribution is -2.55. The second-order valence-electron chi connectivity index (χ2n) is 4.41. The third-order valence-electron chi connectivity index (χ3n) is 3.07. The second kappa shape index (κ2) is 5.95. The van der Waals surface area contributed by atoms with E-state index in [9.17, 15) is 9.70 Å². The molecular formula is C12H16N3O5+. The summed E-state index contributed by atoms with van der Waals surface area (Å²) in [6.07, 6.45) is -1.05. The van der Waals surface area contributed by atoms with E-state index < -0.39 is 12.2 Å². The first-order chi connectivity index (χ1) is 9.50. The van der Waals surface area contributed by atoms with Crippen molar-refractivity contribution < 1.29 is 24.4 Å². The number of benzene rings is 1. The van der Waals surface area contributed by atoms with E-state index in [1.807, 2.05) is 0 Å². The molecule has 1 fully saturated rings. The lowest BCUT2D eigenvalue weighted by Gasteiger charge is -2.33. The highest BCUT2D eigenvalue weighted by atomic mass is 16.8. The molecule has 3 N–H and O–H groups in total. The molecular weight excluding hydrogens is 266 g/mol. The topological polar surface area (TPSA) is 105 Å². The number of ether oxygens (including phenoxy) is 1. The number of hydrogen-bond acceptors (Lipinski definition) is 6. The first-order valence-electron chi connectivity index (χ1n) is 6.02. The van der Waals surface area contributed by atoms with Crippen LogP contribution >= 0.6 is 0 Å². The van der Waals surface area contributed by atoms with E-state index in [4.69, 9.17) is 20.4 Å². The van der Waals surface area contributed by atoms with Gasteiger partial charge < -0.3 is 15.6 Å². The second-order valence-corrected chi connectivity index (χ2v) is 4.41. The number of morpholine rings is 1. The van der Waals surface area contributed by atoms with Gasteiger partial charge in [0.05, 0.1) is 17.7 Å². The fraction of sp³-hybridized carbons (Fsp3) is 0.417. The van der Waals surface area contributed by atoms with Crippen molar-refractivity contribution in [2.45, 2.75) is 12.4 Å². The molecule has 0 aliphatic carbocycles. The van der Waals surface area contributed by atoms with Gasteiger partial charge in [0.25, 0.3) is 11.2 Å². The number of hydrogen-bond donors (Lipinski definition) is 2. The Balaban J connectivity index is 2.14. The molecule has 20 heavy (non-hydrogen) atoms. The van der Waals surface area contributed by atoms with Gasteiger partial charge in [0.1, 0.15) is 12.2 Å². The summed E-state index contributed by atoms with van der Waals surface area (Å²) in [4.78, 5) is 30.1. The predicted molar refractivity (Wildman–Crippen MR) is 68.1 cm³/mol. The van der Waals surface area contributed by atoms with Crippen LogP contribution in [0.2, 0.25) is 0 Å². The van der Waals surface area contributed by atoms with Crippen LogP contribution in [0.1, 0.15) is 10.4 Å². The number of likely N-dealkylation sites (N-methyl/N-ethyl adjacent to an activating group) is 1. The molecule has 1 heterocycles. The maximum Gasteiger partial charge on any atom is 0.342 e. The summed E-state index contributed by atoms with van der Waals surface area (Å²) in [6, 6.07) is 5.80. The van der Waals surface area contributed by atoms with Crippen LogP contribution in [0.15, 0.2) is 24.3 Å². The van der Waals surface area contributed by atoms with Gasteiger partial charge in [0.15, 0.2) is 0 Å². The van der Waals surface area contributed by atoms with E-state index in [0.29, 0.717) is 6.61 Å². The van der Waals surface area contributed by atoms with Crippen molar-refractivity contribution in [2.75, 3.05) is 20.3 Å². The van der Waals surface area contributed by atoms with Crippen LogP contribution < -0.4 is 5.73 Å². The van der Waals surface area contributed by atoms with Gasteiger partial charge in [-0.05, 0) is 13.1 Å². The van der Waals surface area contributed by atoms with Gasteiger partial charge in [0, 0.05) is 6.07 Å². The maximum absolute atomic E-state index is 12.0. The highest BCUT2D eigenvalue weighted by Crippen LogP contribution is 2.20. The van der Waals surface area contributed by atoms with Crippen LogP contribution in [0, 0.1) is 4.91 Å². The Kier molecular flexibility index (Phi) is 4.28. The summed E-state index contributed by atoms with van der Waals surface area (Å²) < 4.78 is 5.21. The van der Waals surface area contributed by atoms with E-state index in [0.717, 1.165) is 0 Å². The first-order valence-corrected chi connectivity index (χ1v) is 6.02. The molecule has 1 aliphatic rings. The van der Waals surface area contributed by atoms with E-state index in [2.05, 4.69) is 0 Å². The number of nitrogens with zero attached hydrogens (tertiary/aromatic N) is 2. The van der Waals surface area contributed by atoms with Gasteiger partial charge in [-0.2, -0.15) is 0 Å². The van der Waals surface area contributed by atoms with E-state index in [1.54, 1.807) is 18.0 Å². The van der Waals surface area contributed by atoms with E-state index >= 15 is 0 Å². The molecule has 0 radical (unpaired) electrons. The minimum atomic E-state index is -1.20. The summed E-state index contributed by atoms with van der Waals surface area (Å²) in [7, 11) is 1.70. The molecule has 8 heteroatoms. The van der Waals surface area contributed by atoms with Crippen LogP contribution in [0.4, 0.5) is 5.69 Å². The fourth-order valence-electron chi connectivity index (χ4n) is 1.82. The SMILES string of the molecule is CN1C(N)COCC1O[N+](=O)c1ccccc1C(=O)O. The number of rotatable bonds is 4. The number of nitrogens with two attached hydrogens (primary N) is 1. The highest BCUT2D eigenvalue weighted by molar-refractivity contribution is 5.92. The molecule has 1 aromatic rings. The number of carboxylic acid groups (broad SMARTS) is 1. The summed E-state index contributed by atoms with van der Waals surface area (Å²) in [6.45, 7) is 0.527. The molecule has 2 unspecified atom stereocenters. The van der Waals surface area contributed by atoms with Crippen molar-refractivity contribution >= 4 is 11.7 Å².